The van der Waals surface area contributed by atoms with Gasteiger partial charge in [-0.25, -0.2) is 0 Å². The number of ether oxygens (including phenoxy) is 2. The molecule has 1 heterocycles. The van der Waals surface area contributed by atoms with Crippen LogP contribution in [-0.4, -0.2) is 41.3 Å². The third-order valence-corrected chi connectivity index (χ3v) is 8.29. The van der Waals surface area contributed by atoms with E-state index in [0.29, 0.717) is 29.1 Å². The Morgan fingerprint density at radius 2 is 1.79 bits per heavy atom. The summed E-state index contributed by atoms with van der Waals surface area (Å²) in [7, 11) is 0. The van der Waals surface area contributed by atoms with Crippen LogP contribution in [0.1, 0.15) is 76.7 Å². The lowest BCUT2D eigenvalue weighted by Crippen LogP contribution is -2.41. The van der Waals surface area contributed by atoms with Gasteiger partial charge in [0.05, 0.1) is 17.6 Å². The number of thioether (sulfide) groups is 1. The summed E-state index contributed by atoms with van der Waals surface area (Å²) in [5, 5.41) is 0.894. The number of hydrogen-bond acceptors (Lipinski definition) is 5. The van der Waals surface area contributed by atoms with Crippen molar-refractivity contribution >= 4 is 44.8 Å². The predicted molar refractivity (Wildman–Crippen MR) is 143 cm³/mol. The van der Waals surface area contributed by atoms with Crippen LogP contribution in [0.3, 0.4) is 0 Å². The van der Waals surface area contributed by atoms with Gasteiger partial charge in [0, 0.05) is 10.5 Å². The molecule has 5 nitrogen and oxygen atoms in total. The lowest BCUT2D eigenvalue weighted by molar-refractivity contribution is -0.124. The normalized spacial score (nSPS) is 22.4. The lowest BCUT2D eigenvalue weighted by atomic mass is 9.94. The molecule has 34 heavy (non-hydrogen) atoms. The van der Waals surface area contributed by atoms with Crippen molar-refractivity contribution in [3.8, 4) is 23.8 Å². The van der Waals surface area contributed by atoms with E-state index in [0.717, 1.165) is 40.9 Å². The van der Waals surface area contributed by atoms with Gasteiger partial charge in [0.2, 0.25) is 0 Å². The van der Waals surface area contributed by atoms with Gasteiger partial charge in [-0.3, -0.25) is 14.7 Å². The highest BCUT2D eigenvalue weighted by molar-refractivity contribution is 9.10. The number of amides is 1. The third kappa shape index (κ3) is 6.01. The molecular weight excluding hydrogens is 512 g/mol. The van der Waals surface area contributed by atoms with E-state index in [1.54, 1.807) is 0 Å². The van der Waals surface area contributed by atoms with Crippen LogP contribution in [0.2, 0.25) is 0 Å². The fraction of sp³-hybridized carbons (Fsp3) is 0.556. The number of carbonyl (C=O) groups excluding carboxylic acids is 1. The molecule has 1 saturated heterocycles. The van der Waals surface area contributed by atoms with Crippen LogP contribution in [0.15, 0.2) is 26.5 Å². The van der Waals surface area contributed by atoms with Crippen LogP contribution in [-0.2, 0) is 4.79 Å². The monoisotopic (exact) mass is 544 g/mol. The summed E-state index contributed by atoms with van der Waals surface area (Å²) >= 11 is 5.16. The summed E-state index contributed by atoms with van der Waals surface area (Å²) in [5.74, 6) is 3.76. The van der Waals surface area contributed by atoms with Gasteiger partial charge in [-0.05, 0) is 68.1 Å². The van der Waals surface area contributed by atoms with Crippen LogP contribution >= 0.6 is 27.7 Å². The first-order valence-electron chi connectivity index (χ1n) is 12.4. The zero-order chi connectivity index (χ0) is 23.9. The van der Waals surface area contributed by atoms with Crippen molar-refractivity contribution in [2.75, 3.05) is 13.2 Å². The number of carbonyl (C=O) groups is 1. The minimum Gasteiger partial charge on any atom is -0.490 e. The van der Waals surface area contributed by atoms with Crippen molar-refractivity contribution in [1.82, 2.24) is 4.90 Å². The van der Waals surface area contributed by atoms with Gasteiger partial charge in [0.1, 0.15) is 6.61 Å². The Morgan fingerprint density at radius 3 is 2.47 bits per heavy atom. The highest BCUT2D eigenvalue weighted by Crippen LogP contribution is 2.41. The molecule has 3 aliphatic rings. The Hall–Kier alpha value is -1.91. The molecule has 0 aromatic heterocycles. The van der Waals surface area contributed by atoms with Crippen molar-refractivity contribution in [1.29, 1.82) is 0 Å². The maximum atomic E-state index is 13.7. The van der Waals surface area contributed by atoms with Crippen molar-refractivity contribution in [3.63, 3.8) is 0 Å². The molecule has 0 N–H and O–H groups in total. The highest BCUT2D eigenvalue weighted by atomic mass is 79.9. The Labute approximate surface area is 215 Å². The van der Waals surface area contributed by atoms with Crippen molar-refractivity contribution < 1.29 is 14.3 Å². The smallest absolute Gasteiger partial charge is 0.267 e. The molecule has 0 radical (unpaired) electrons. The summed E-state index contributed by atoms with van der Waals surface area (Å²) in [6, 6.07) is 4.35. The second-order valence-corrected chi connectivity index (χ2v) is 10.9. The number of rotatable bonds is 7. The molecule has 0 bridgehead atoms. The van der Waals surface area contributed by atoms with E-state index < -0.39 is 0 Å². The van der Waals surface area contributed by atoms with E-state index in [-0.39, 0.29) is 18.6 Å². The average Bonchev–Trinajstić information content (AvgIpc) is 3.15. The molecule has 3 fully saturated rings. The van der Waals surface area contributed by atoms with Gasteiger partial charge >= 0.3 is 0 Å². The molecule has 4 rings (SSSR count). The maximum Gasteiger partial charge on any atom is 0.267 e. The molecule has 0 atom stereocenters. The van der Waals surface area contributed by atoms with Gasteiger partial charge in [-0.2, -0.15) is 0 Å². The number of terminal acetylenes is 1. The van der Waals surface area contributed by atoms with Gasteiger partial charge < -0.3 is 9.47 Å². The molecule has 1 aromatic rings. The molecule has 2 saturated carbocycles. The molecule has 2 aliphatic carbocycles. The van der Waals surface area contributed by atoms with E-state index in [4.69, 9.17) is 20.9 Å². The zero-order valence-electron chi connectivity index (χ0n) is 19.9. The highest BCUT2D eigenvalue weighted by Gasteiger charge is 2.39. The Balaban J connectivity index is 1.65. The van der Waals surface area contributed by atoms with Crippen molar-refractivity contribution in [3.05, 3.63) is 27.1 Å². The zero-order valence-corrected chi connectivity index (χ0v) is 22.3. The van der Waals surface area contributed by atoms with Gasteiger partial charge in [-0.15, -0.1) is 6.42 Å². The average molecular weight is 546 g/mol. The van der Waals surface area contributed by atoms with E-state index in [1.165, 1.54) is 50.3 Å². The maximum absolute atomic E-state index is 13.7. The van der Waals surface area contributed by atoms with Crippen LogP contribution in [0, 0.1) is 12.3 Å². The second kappa shape index (κ2) is 12.2. The summed E-state index contributed by atoms with van der Waals surface area (Å²) in [6.07, 6.45) is 19.0. The fourth-order valence-corrected chi connectivity index (χ4v) is 6.44. The van der Waals surface area contributed by atoms with Gasteiger partial charge in [0.15, 0.2) is 16.7 Å². The first kappa shape index (κ1) is 25.2. The molecule has 7 heteroatoms. The van der Waals surface area contributed by atoms with Gasteiger partial charge in [0.25, 0.3) is 5.91 Å². The molecule has 1 amide bonds. The fourth-order valence-electron chi connectivity index (χ4n) is 4.91. The molecule has 1 aromatic carbocycles. The first-order chi connectivity index (χ1) is 16.6. The number of aliphatic imine (C=N–C) groups is 1. The van der Waals surface area contributed by atoms with Gasteiger partial charge in [-0.1, -0.05) is 60.4 Å². The van der Waals surface area contributed by atoms with Crippen molar-refractivity contribution in [2.24, 2.45) is 4.99 Å². The van der Waals surface area contributed by atoms with E-state index in [1.807, 2.05) is 30.0 Å². The molecule has 182 valence electrons. The largest absolute Gasteiger partial charge is 0.490 e. The topological polar surface area (TPSA) is 51.1 Å². The third-order valence-electron chi connectivity index (χ3n) is 6.60. The summed E-state index contributed by atoms with van der Waals surface area (Å²) in [5.41, 5.74) is 0.870. The molecule has 1 aliphatic heterocycles. The standard InChI is InChI=1S/C27H33BrN2O3S/c1-3-15-33-24-18-22(28)19(16-23(24)32-4-2)17-25-26(31)30(21-13-9-6-10-14-21)27(34-25)29-20-11-7-5-8-12-20/h1,16-18,20-21H,4-15H2,2H3. The summed E-state index contributed by atoms with van der Waals surface area (Å²) in [6.45, 7) is 2.60. The van der Waals surface area contributed by atoms with Crippen LogP contribution < -0.4 is 9.47 Å². The Kier molecular flexibility index (Phi) is 9.02. The minimum absolute atomic E-state index is 0.0731. The predicted octanol–water partition coefficient (Wildman–Crippen LogP) is 6.80. The SMILES string of the molecule is C#CCOc1cc(Br)c(C=C2SC(=NC3CCCCC3)N(C3CCCCC3)C2=O)cc1OCC. The number of halogens is 1. The lowest BCUT2D eigenvalue weighted by Gasteiger charge is -2.31. The van der Waals surface area contributed by atoms with E-state index in [2.05, 4.69) is 21.9 Å². The molecule has 0 unspecified atom stereocenters. The minimum atomic E-state index is 0.0731. The molecular formula is C27H33BrN2O3S. The second-order valence-electron chi connectivity index (χ2n) is 9.03. The Morgan fingerprint density at radius 1 is 1.12 bits per heavy atom. The van der Waals surface area contributed by atoms with Crippen LogP contribution in [0.4, 0.5) is 0 Å². The molecule has 0 spiro atoms. The van der Waals surface area contributed by atoms with Crippen LogP contribution in [0.5, 0.6) is 11.5 Å². The van der Waals surface area contributed by atoms with E-state index in [9.17, 15) is 4.79 Å². The number of amidine groups is 1. The van der Waals surface area contributed by atoms with Crippen LogP contribution in [0.25, 0.3) is 6.08 Å². The Bertz CT molecular complexity index is 988. The first-order valence-corrected chi connectivity index (χ1v) is 14.0. The number of hydrogen-bond donors (Lipinski definition) is 0. The quantitative estimate of drug-likeness (QED) is 0.280. The summed E-state index contributed by atoms with van der Waals surface area (Å²) in [4.78, 5) is 21.5. The van der Waals surface area contributed by atoms with E-state index >= 15 is 0 Å². The number of benzene rings is 1. The summed E-state index contributed by atoms with van der Waals surface area (Å²) < 4.78 is 12.3. The number of nitrogens with zero attached hydrogens (tertiary/aromatic N) is 2. The van der Waals surface area contributed by atoms with Crippen molar-refractivity contribution in [2.45, 2.75) is 83.2 Å².